The molecule has 0 radical (unpaired) electrons. The molecule has 3 aromatic rings. The summed E-state index contributed by atoms with van der Waals surface area (Å²) in [5.74, 6) is -1.07. The number of halogens is 4. The lowest BCUT2D eigenvalue weighted by Gasteiger charge is -2.26. The quantitative estimate of drug-likeness (QED) is 0.406. The predicted molar refractivity (Wildman–Crippen MR) is 119 cm³/mol. The number of aromatic hydroxyl groups is 1. The van der Waals surface area contributed by atoms with Gasteiger partial charge in [0.15, 0.2) is 11.4 Å². The fourth-order valence-electron chi connectivity index (χ4n) is 3.10. The Kier molecular flexibility index (Phi) is 6.81. The van der Waals surface area contributed by atoms with Crippen LogP contribution in [0.5, 0.6) is 17.4 Å². The van der Waals surface area contributed by atoms with E-state index in [4.69, 9.17) is 27.9 Å². The van der Waals surface area contributed by atoms with Crippen molar-refractivity contribution in [2.24, 2.45) is 0 Å². The second-order valence-electron chi connectivity index (χ2n) is 7.44. The lowest BCUT2D eigenvalue weighted by atomic mass is 9.94. The van der Waals surface area contributed by atoms with Crippen LogP contribution in [0.4, 0.5) is 8.78 Å². The van der Waals surface area contributed by atoms with Gasteiger partial charge in [0.2, 0.25) is 15.9 Å². The van der Waals surface area contributed by atoms with Crippen molar-refractivity contribution in [1.29, 1.82) is 0 Å². The Bertz CT molecular complexity index is 1500. The van der Waals surface area contributed by atoms with Crippen LogP contribution in [0.3, 0.4) is 0 Å². The Hall–Kier alpha value is -3.07. The van der Waals surface area contributed by atoms with Crippen molar-refractivity contribution in [3.63, 3.8) is 0 Å². The molecule has 0 aliphatic heterocycles. The predicted octanol–water partition coefficient (Wildman–Crippen LogP) is 2.89. The standard InChI is InChI=1S/C19H15Cl2F2N5O6S/c20-11-4-9(28-19(31)25-18(30)14(26-28)16(22)23)5-12(21)15(11)34-10-6-13(17(29)24-7-10)35(32,33)27-8-2-1-3-8/h4-8,16,27H,1-3H2,(H,24,29)(H,25,30,31). The monoisotopic (exact) mass is 549 g/mol. The largest absolute Gasteiger partial charge is 0.492 e. The molecule has 186 valence electrons. The van der Waals surface area contributed by atoms with Crippen LogP contribution >= 0.6 is 23.2 Å². The van der Waals surface area contributed by atoms with Gasteiger partial charge in [-0.15, -0.1) is 0 Å². The van der Waals surface area contributed by atoms with Gasteiger partial charge in [-0.1, -0.05) is 29.6 Å². The van der Waals surface area contributed by atoms with E-state index in [-0.39, 0.29) is 33.3 Å². The second-order valence-corrected chi connectivity index (χ2v) is 9.94. The molecule has 1 aromatic carbocycles. The molecule has 4 rings (SSSR count). The summed E-state index contributed by atoms with van der Waals surface area (Å²) >= 11 is 12.4. The van der Waals surface area contributed by atoms with Gasteiger partial charge < -0.3 is 9.84 Å². The number of hydrogen-bond acceptors (Lipinski definition) is 8. The fourth-order valence-corrected chi connectivity index (χ4v) is 5.02. The first kappa shape index (κ1) is 25.0. The van der Waals surface area contributed by atoms with Crippen LogP contribution in [0.2, 0.25) is 10.0 Å². The van der Waals surface area contributed by atoms with Crippen LogP contribution in [0.1, 0.15) is 31.4 Å². The van der Waals surface area contributed by atoms with Crippen LogP contribution < -0.4 is 20.7 Å². The number of rotatable bonds is 7. The minimum atomic E-state index is -4.09. The third-order valence-electron chi connectivity index (χ3n) is 5.03. The average Bonchev–Trinajstić information content (AvgIpc) is 2.74. The second kappa shape index (κ2) is 9.53. The molecule has 16 heteroatoms. The molecule has 0 saturated heterocycles. The van der Waals surface area contributed by atoms with E-state index in [1.54, 1.807) is 4.98 Å². The maximum atomic E-state index is 13.0. The number of ether oxygens (including phenoxy) is 1. The number of benzene rings is 1. The molecule has 0 unspecified atom stereocenters. The highest BCUT2D eigenvalue weighted by atomic mass is 35.5. The van der Waals surface area contributed by atoms with Crippen LogP contribution in [0, 0.1) is 0 Å². The molecule has 0 atom stereocenters. The van der Waals surface area contributed by atoms with Crippen molar-refractivity contribution in [1.82, 2.24) is 24.5 Å². The Balaban J connectivity index is 1.68. The first-order chi connectivity index (χ1) is 16.5. The van der Waals surface area contributed by atoms with Gasteiger partial charge >= 0.3 is 5.69 Å². The first-order valence-electron chi connectivity index (χ1n) is 9.86. The Morgan fingerprint density at radius 1 is 1.20 bits per heavy atom. The number of hydrogen-bond donors (Lipinski definition) is 3. The van der Waals surface area contributed by atoms with Gasteiger partial charge in [-0.2, -0.15) is 9.78 Å². The van der Waals surface area contributed by atoms with Crippen LogP contribution in [0.25, 0.3) is 5.69 Å². The van der Waals surface area contributed by atoms with Crippen molar-refractivity contribution < 1.29 is 27.0 Å². The summed E-state index contributed by atoms with van der Waals surface area (Å²) < 4.78 is 59.7. The molecule has 1 aliphatic carbocycles. The van der Waals surface area contributed by atoms with Crippen LogP contribution in [-0.2, 0) is 10.0 Å². The minimum Gasteiger partial charge on any atom is -0.492 e. The van der Waals surface area contributed by atoms with Gasteiger partial charge in [0, 0.05) is 12.1 Å². The summed E-state index contributed by atoms with van der Waals surface area (Å²) in [4.78, 5) is 28.4. The number of alkyl halides is 2. The Morgan fingerprint density at radius 3 is 2.43 bits per heavy atom. The van der Waals surface area contributed by atoms with E-state index in [0.29, 0.717) is 17.5 Å². The van der Waals surface area contributed by atoms with Gasteiger partial charge in [0.25, 0.3) is 12.0 Å². The first-order valence-corrected chi connectivity index (χ1v) is 12.1. The average molecular weight is 550 g/mol. The summed E-state index contributed by atoms with van der Waals surface area (Å²) in [7, 11) is -4.09. The van der Waals surface area contributed by atoms with Gasteiger partial charge in [0.05, 0.1) is 21.9 Å². The SMILES string of the molecule is O=c1[nH]c(=O)n(-c2cc(Cl)c(Oc3cnc(O)c(S(=O)(=O)NC4CCC4)c3)c(Cl)c2)nc1C(F)F. The van der Waals surface area contributed by atoms with Crippen LogP contribution in [-0.4, -0.2) is 39.3 Å². The van der Waals surface area contributed by atoms with Gasteiger partial charge in [-0.25, -0.2) is 31.7 Å². The number of aromatic nitrogens is 4. The maximum Gasteiger partial charge on any atom is 0.349 e. The number of sulfonamides is 1. The molecule has 1 saturated carbocycles. The lowest BCUT2D eigenvalue weighted by Crippen LogP contribution is -2.39. The Labute approximate surface area is 205 Å². The third-order valence-corrected chi connectivity index (χ3v) is 7.12. The smallest absolute Gasteiger partial charge is 0.349 e. The Morgan fingerprint density at radius 2 is 1.86 bits per heavy atom. The zero-order chi connectivity index (χ0) is 25.5. The number of aromatic amines is 1. The molecule has 0 bridgehead atoms. The topological polar surface area (TPSA) is 156 Å². The summed E-state index contributed by atoms with van der Waals surface area (Å²) in [6.45, 7) is 0. The van der Waals surface area contributed by atoms with E-state index in [1.165, 1.54) is 0 Å². The molecule has 1 fully saturated rings. The van der Waals surface area contributed by atoms with E-state index < -0.39 is 44.2 Å². The molecule has 0 amide bonds. The van der Waals surface area contributed by atoms with Crippen molar-refractivity contribution in [3.8, 4) is 23.1 Å². The zero-order valence-corrected chi connectivity index (χ0v) is 19.7. The van der Waals surface area contributed by atoms with Crippen molar-refractivity contribution >= 4 is 33.2 Å². The number of nitrogens with zero attached hydrogens (tertiary/aromatic N) is 3. The molecule has 3 N–H and O–H groups in total. The molecule has 0 spiro atoms. The van der Waals surface area contributed by atoms with Crippen molar-refractivity contribution in [2.45, 2.75) is 36.6 Å². The summed E-state index contributed by atoms with van der Waals surface area (Å²) in [6, 6.07) is 2.99. The fraction of sp³-hybridized carbons (Fsp3) is 0.263. The van der Waals surface area contributed by atoms with Crippen molar-refractivity contribution in [3.05, 3.63) is 61.0 Å². The lowest BCUT2D eigenvalue weighted by molar-refractivity contribution is 0.141. The number of H-pyrrole nitrogens is 1. The highest BCUT2D eigenvalue weighted by Gasteiger charge is 2.28. The van der Waals surface area contributed by atoms with E-state index in [0.717, 1.165) is 30.8 Å². The van der Waals surface area contributed by atoms with Crippen molar-refractivity contribution in [2.75, 3.05) is 0 Å². The van der Waals surface area contributed by atoms with E-state index in [9.17, 15) is 31.9 Å². The zero-order valence-electron chi connectivity index (χ0n) is 17.3. The summed E-state index contributed by atoms with van der Waals surface area (Å²) in [5.41, 5.74) is -3.79. The molecular formula is C19H15Cl2F2N5O6S. The number of nitrogens with one attached hydrogen (secondary N) is 2. The number of pyridine rings is 1. The molecule has 11 nitrogen and oxygen atoms in total. The molecule has 2 aromatic heterocycles. The minimum absolute atomic E-state index is 0.146. The summed E-state index contributed by atoms with van der Waals surface area (Å²) in [5, 5.41) is 12.9. The molecular weight excluding hydrogens is 535 g/mol. The van der Waals surface area contributed by atoms with E-state index in [2.05, 4.69) is 14.8 Å². The highest BCUT2D eigenvalue weighted by Crippen LogP contribution is 2.39. The van der Waals surface area contributed by atoms with Crippen LogP contribution in [0.15, 0.2) is 38.9 Å². The van der Waals surface area contributed by atoms with Gasteiger partial charge in [-0.3, -0.25) is 9.78 Å². The van der Waals surface area contributed by atoms with Gasteiger partial charge in [-0.05, 0) is 25.0 Å². The molecule has 35 heavy (non-hydrogen) atoms. The van der Waals surface area contributed by atoms with E-state index in [1.807, 2.05) is 0 Å². The summed E-state index contributed by atoms with van der Waals surface area (Å²) in [6.07, 6.45) is 0.0182. The van der Waals surface area contributed by atoms with E-state index >= 15 is 0 Å². The normalized spacial score (nSPS) is 14.2. The van der Waals surface area contributed by atoms with Gasteiger partial charge in [0.1, 0.15) is 10.6 Å². The third kappa shape index (κ3) is 5.15. The molecule has 1 aliphatic rings. The molecule has 2 heterocycles. The maximum absolute atomic E-state index is 13.0. The highest BCUT2D eigenvalue weighted by molar-refractivity contribution is 7.89.